The third kappa shape index (κ3) is 4.11. The fraction of sp³-hybridized carbons (Fsp3) is 0.278. The number of carbonyl (C=O) groups excluding carboxylic acids is 1. The molecule has 0 aliphatic carbocycles. The molecule has 0 aromatic heterocycles. The van der Waals surface area contributed by atoms with Gasteiger partial charge in [-0.2, -0.15) is 0 Å². The van der Waals surface area contributed by atoms with Crippen molar-refractivity contribution >= 4 is 40.6 Å². The number of hydrogen-bond acceptors (Lipinski definition) is 3. The molecule has 7 heteroatoms. The summed E-state index contributed by atoms with van der Waals surface area (Å²) in [6.07, 6.45) is 0. The number of carbonyl (C=O) groups is 1. The van der Waals surface area contributed by atoms with Gasteiger partial charge in [0.25, 0.3) is 0 Å². The van der Waals surface area contributed by atoms with Gasteiger partial charge in [-0.25, -0.2) is 4.79 Å². The lowest BCUT2D eigenvalue weighted by atomic mass is 10.2. The fourth-order valence-corrected chi connectivity index (χ4v) is 3.22. The molecule has 2 aromatic rings. The maximum absolute atomic E-state index is 12.5. The van der Waals surface area contributed by atoms with Crippen molar-refractivity contribution in [2.24, 2.45) is 0 Å². The Bertz CT molecular complexity index is 762. The Morgan fingerprint density at radius 3 is 2.52 bits per heavy atom. The zero-order valence-corrected chi connectivity index (χ0v) is 15.3. The number of nitrogens with zero attached hydrogens (tertiary/aromatic N) is 2. The summed E-state index contributed by atoms with van der Waals surface area (Å²) in [5.41, 5.74) is 1.56. The summed E-state index contributed by atoms with van der Waals surface area (Å²) < 4.78 is 5.26. The van der Waals surface area contributed by atoms with E-state index in [1.165, 1.54) is 0 Å². The highest BCUT2D eigenvalue weighted by Crippen LogP contribution is 2.30. The molecule has 0 bridgehead atoms. The van der Waals surface area contributed by atoms with E-state index in [2.05, 4.69) is 10.2 Å². The van der Waals surface area contributed by atoms with Crippen LogP contribution in [-0.4, -0.2) is 44.2 Å². The highest BCUT2D eigenvalue weighted by Gasteiger charge is 2.23. The van der Waals surface area contributed by atoms with Crippen molar-refractivity contribution < 1.29 is 9.53 Å². The molecule has 1 aliphatic rings. The number of benzene rings is 2. The second-order valence-electron chi connectivity index (χ2n) is 5.70. The predicted octanol–water partition coefficient (Wildman–Crippen LogP) is 4.36. The van der Waals surface area contributed by atoms with Crippen molar-refractivity contribution in [1.29, 1.82) is 0 Å². The van der Waals surface area contributed by atoms with Crippen LogP contribution in [0.1, 0.15) is 0 Å². The van der Waals surface area contributed by atoms with E-state index >= 15 is 0 Å². The minimum Gasteiger partial charge on any atom is -0.495 e. The minimum atomic E-state index is -0.138. The predicted molar refractivity (Wildman–Crippen MR) is 102 cm³/mol. The lowest BCUT2D eigenvalue weighted by Gasteiger charge is -2.36. The van der Waals surface area contributed by atoms with Gasteiger partial charge in [0.05, 0.1) is 23.5 Å². The Hall–Kier alpha value is -2.11. The first-order valence-corrected chi connectivity index (χ1v) is 8.73. The van der Waals surface area contributed by atoms with Crippen molar-refractivity contribution in [3.05, 3.63) is 52.5 Å². The molecule has 0 radical (unpaired) electrons. The summed E-state index contributed by atoms with van der Waals surface area (Å²) >= 11 is 12.3. The van der Waals surface area contributed by atoms with E-state index in [1.807, 2.05) is 30.3 Å². The van der Waals surface area contributed by atoms with Crippen LogP contribution in [0.5, 0.6) is 5.75 Å². The molecule has 0 saturated carbocycles. The molecule has 1 N–H and O–H groups in total. The van der Waals surface area contributed by atoms with Gasteiger partial charge in [0.2, 0.25) is 0 Å². The molecule has 25 heavy (non-hydrogen) atoms. The number of anilines is 2. The van der Waals surface area contributed by atoms with Gasteiger partial charge in [-0.05, 0) is 30.3 Å². The van der Waals surface area contributed by atoms with Crippen LogP contribution in [0.25, 0.3) is 0 Å². The number of para-hydroxylation sites is 2. The molecule has 0 unspecified atom stereocenters. The molecule has 1 fully saturated rings. The summed E-state index contributed by atoms with van der Waals surface area (Å²) in [6.45, 7) is 2.59. The number of nitrogens with one attached hydrogen (secondary N) is 1. The number of halogens is 2. The third-order valence-corrected chi connectivity index (χ3v) is 4.72. The molecule has 132 valence electrons. The molecule has 1 saturated heterocycles. The molecule has 0 spiro atoms. The normalized spacial score (nSPS) is 14.4. The van der Waals surface area contributed by atoms with Crippen LogP contribution in [0.2, 0.25) is 10.0 Å². The second kappa shape index (κ2) is 7.85. The average molecular weight is 380 g/mol. The van der Waals surface area contributed by atoms with E-state index in [1.54, 1.807) is 24.1 Å². The van der Waals surface area contributed by atoms with E-state index < -0.39 is 0 Å². The number of urea groups is 1. The van der Waals surface area contributed by atoms with E-state index in [0.717, 1.165) is 5.69 Å². The summed E-state index contributed by atoms with van der Waals surface area (Å²) in [6, 6.07) is 12.6. The van der Waals surface area contributed by atoms with Crippen LogP contribution in [0, 0.1) is 0 Å². The molecular weight excluding hydrogens is 361 g/mol. The first kappa shape index (κ1) is 17.7. The maximum Gasteiger partial charge on any atom is 0.322 e. The fourth-order valence-electron chi connectivity index (χ4n) is 2.82. The first-order valence-electron chi connectivity index (χ1n) is 7.97. The van der Waals surface area contributed by atoms with Crippen LogP contribution in [0.3, 0.4) is 0 Å². The number of piperazine rings is 1. The summed E-state index contributed by atoms with van der Waals surface area (Å²) in [7, 11) is 1.58. The molecule has 0 atom stereocenters. The summed E-state index contributed by atoms with van der Waals surface area (Å²) in [5.74, 6) is 0.639. The first-order chi connectivity index (χ1) is 12.1. The molecule has 1 heterocycles. The average Bonchev–Trinajstić information content (AvgIpc) is 2.64. The number of ether oxygens (including phenoxy) is 1. The lowest BCUT2D eigenvalue weighted by Crippen LogP contribution is -2.50. The topological polar surface area (TPSA) is 44.8 Å². The van der Waals surface area contributed by atoms with Gasteiger partial charge in [-0.1, -0.05) is 35.3 Å². The van der Waals surface area contributed by atoms with Crippen molar-refractivity contribution in [2.45, 2.75) is 0 Å². The zero-order valence-electron chi connectivity index (χ0n) is 13.8. The van der Waals surface area contributed by atoms with Crippen LogP contribution < -0.4 is 15.0 Å². The van der Waals surface area contributed by atoms with Crippen LogP contribution in [-0.2, 0) is 0 Å². The van der Waals surface area contributed by atoms with Crippen LogP contribution in [0.15, 0.2) is 42.5 Å². The van der Waals surface area contributed by atoms with Gasteiger partial charge < -0.3 is 19.9 Å². The van der Waals surface area contributed by atoms with Gasteiger partial charge in [0, 0.05) is 31.2 Å². The van der Waals surface area contributed by atoms with Crippen molar-refractivity contribution in [2.75, 3.05) is 43.5 Å². The molecule has 5 nitrogen and oxygen atoms in total. The number of hydrogen-bond donors (Lipinski definition) is 1. The Balaban J connectivity index is 1.62. The van der Waals surface area contributed by atoms with Crippen LogP contribution in [0.4, 0.5) is 16.2 Å². The van der Waals surface area contributed by atoms with Crippen molar-refractivity contribution in [3.8, 4) is 5.75 Å². The summed E-state index contributed by atoms with van der Waals surface area (Å²) in [4.78, 5) is 16.4. The Labute approximate surface area is 157 Å². The van der Waals surface area contributed by atoms with Gasteiger partial charge in [0.1, 0.15) is 5.75 Å². The lowest BCUT2D eigenvalue weighted by molar-refractivity contribution is 0.208. The third-order valence-electron chi connectivity index (χ3n) is 4.16. The number of rotatable bonds is 3. The number of amides is 2. The highest BCUT2D eigenvalue weighted by atomic mass is 35.5. The molecular formula is C18H19Cl2N3O2. The Morgan fingerprint density at radius 2 is 1.80 bits per heavy atom. The molecule has 1 aliphatic heterocycles. The SMILES string of the molecule is COc1ccccc1NC(=O)N1CCN(c2cc(Cl)ccc2Cl)CC1. The Kier molecular flexibility index (Phi) is 5.56. The van der Waals surface area contributed by atoms with E-state index in [4.69, 9.17) is 27.9 Å². The second-order valence-corrected chi connectivity index (χ2v) is 6.54. The maximum atomic E-state index is 12.5. The van der Waals surface area contributed by atoms with Crippen LogP contribution >= 0.6 is 23.2 Å². The van der Waals surface area contributed by atoms with Gasteiger partial charge in [0.15, 0.2) is 0 Å². The smallest absolute Gasteiger partial charge is 0.322 e. The van der Waals surface area contributed by atoms with E-state index in [9.17, 15) is 4.79 Å². The molecule has 2 amide bonds. The van der Waals surface area contributed by atoms with Gasteiger partial charge in [-0.3, -0.25) is 0 Å². The minimum absolute atomic E-state index is 0.138. The number of methoxy groups -OCH3 is 1. The molecule has 3 rings (SSSR count). The van der Waals surface area contributed by atoms with Crippen molar-refractivity contribution in [1.82, 2.24) is 4.90 Å². The molecule has 2 aromatic carbocycles. The standard InChI is InChI=1S/C18H19Cl2N3O2/c1-25-17-5-3-2-4-15(17)21-18(24)23-10-8-22(9-11-23)16-12-13(19)6-7-14(16)20/h2-7,12H,8-11H2,1H3,(H,21,24). The highest BCUT2D eigenvalue weighted by molar-refractivity contribution is 6.35. The Morgan fingerprint density at radius 1 is 1.08 bits per heavy atom. The van der Waals surface area contributed by atoms with Gasteiger partial charge >= 0.3 is 6.03 Å². The monoisotopic (exact) mass is 379 g/mol. The summed E-state index contributed by atoms with van der Waals surface area (Å²) in [5, 5.41) is 4.21. The van der Waals surface area contributed by atoms with Crippen molar-refractivity contribution in [3.63, 3.8) is 0 Å². The van der Waals surface area contributed by atoms with E-state index in [0.29, 0.717) is 47.7 Å². The zero-order chi connectivity index (χ0) is 17.8. The quantitative estimate of drug-likeness (QED) is 0.861. The van der Waals surface area contributed by atoms with Gasteiger partial charge in [-0.15, -0.1) is 0 Å². The largest absolute Gasteiger partial charge is 0.495 e. The van der Waals surface area contributed by atoms with E-state index in [-0.39, 0.29) is 6.03 Å².